The van der Waals surface area contributed by atoms with Crippen molar-refractivity contribution in [2.24, 2.45) is 17.3 Å². The van der Waals surface area contributed by atoms with Crippen molar-refractivity contribution in [1.82, 2.24) is 10.3 Å². The first kappa shape index (κ1) is 16.0. The fourth-order valence-corrected chi connectivity index (χ4v) is 4.59. The molecule has 1 N–H and O–H groups in total. The Morgan fingerprint density at radius 1 is 1.40 bits per heavy atom. The summed E-state index contributed by atoms with van der Waals surface area (Å²) in [6.45, 7) is 10.7. The molecule has 1 fully saturated rings. The SMILES string of the molecule is CCCNC1CC(C)CCC1C(C)(C)Cc1nccs1. The Morgan fingerprint density at radius 3 is 2.85 bits per heavy atom. The van der Waals surface area contributed by atoms with E-state index in [-0.39, 0.29) is 0 Å². The van der Waals surface area contributed by atoms with Crippen LogP contribution in [-0.4, -0.2) is 17.6 Å². The molecule has 1 aliphatic rings. The van der Waals surface area contributed by atoms with Crippen LogP contribution in [0.2, 0.25) is 0 Å². The highest BCUT2D eigenvalue weighted by Gasteiger charge is 2.39. The van der Waals surface area contributed by atoms with Gasteiger partial charge in [-0.15, -0.1) is 11.3 Å². The normalized spacial score (nSPS) is 27.7. The van der Waals surface area contributed by atoms with Gasteiger partial charge in [0.2, 0.25) is 0 Å². The third-order valence-corrected chi connectivity index (χ3v) is 5.64. The van der Waals surface area contributed by atoms with Crippen molar-refractivity contribution in [2.45, 2.75) is 65.8 Å². The summed E-state index contributed by atoms with van der Waals surface area (Å²) in [4.78, 5) is 4.50. The second-order valence-corrected chi connectivity index (χ2v) is 8.16. The molecule has 1 aliphatic carbocycles. The Labute approximate surface area is 128 Å². The van der Waals surface area contributed by atoms with Gasteiger partial charge in [0.1, 0.15) is 0 Å². The highest BCUT2D eigenvalue weighted by atomic mass is 32.1. The molecule has 2 rings (SSSR count). The first-order chi connectivity index (χ1) is 9.53. The predicted octanol–water partition coefficient (Wildman–Crippen LogP) is 4.52. The van der Waals surface area contributed by atoms with Crippen LogP contribution in [0.1, 0.15) is 58.4 Å². The fraction of sp³-hybridized carbons (Fsp3) is 0.824. The Bertz CT molecular complexity index is 386. The lowest BCUT2D eigenvalue weighted by Crippen LogP contribution is -2.47. The molecule has 1 aromatic rings. The van der Waals surface area contributed by atoms with Crippen molar-refractivity contribution in [2.75, 3.05) is 6.54 Å². The summed E-state index contributed by atoms with van der Waals surface area (Å²) in [7, 11) is 0. The van der Waals surface area contributed by atoms with E-state index in [9.17, 15) is 0 Å². The molecule has 0 radical (unpaired) electrons. The van der Waals surface area contributed by atoms with Gasteiger partial charge in [0.05, 0.1) is 5.01 Å². The van der Waals surface area contributed by atoms with Gasteiger partial charge in [0, 0.05) is 24.0 Å². The summed E-state index contributed by atoms with van der Waals surface area (Å²) < 4.78 is 0. The van der Waals surface area contributed by atoms with E-state index < -0.39 is 0 Å². The second-order valence-electron chi connectivity index (χ2n) is 7.18. The molecule has 3 heteroatoms. The van der Waals surface area contributed by atoms with Crippen LogP contribution in [0.4, 0.5) is 0 Å². The van der Waals surface area contributed by atoms with Crippen molar-refractivity contribution >= 4 is 11.3 Å². The van der Waals surface area contributed by atoms with Gasteiger partial charge in [-0.25, -0.2) is 4.98 Å². The molecular formula is C17H30N2S. The lowest BCUT2D eigenvalue weighted by Gasteiger charge is -2.44. The number of rotatable bonds is 6. The molecule has 0 amide bonds. The van der Waals surface area contributed by atoms with E-state index in [1.165, 1.54) is 30.7 Å². The molecule has 1 heterocycles. The molecule has 3 atom stereocenters. The zero-order valence-electron chi connectivity index (χ0n) is 13.5. The highest BCUT2D eigenvalue weighted by Crippen LogP contribution is 2.42. The van der Waals surface area contributed by atoms with Crippen LogP contribution in [-0.2, 0) is 6.42 Å². The summed E-state index contributed by atoms with van der Waals surface area (Å²) in [5, 5.41) is 7.21. The highest BCUT2D eigenvalue weighted by molar-refractivity contribution is 7.09. The van der Waals surface area contributed by atoms with Crippen molar-refractivity contribution < 1.29 is 0 Å². The zero-order chi connectivity index (χ0) is 14.6. The maximum Gasteiger partial charge on any atom is 0.0930 e. The molecule has 2 nitrogen and oxygen atoms in total. The number of hydrogen-bond acceptors (Lipinski definition) is 3. The Balaban J connectivity index is 2.05. The number of nitrogens with zero attached hydrogens (tertiary/aromatic N) is 1. The van der Waals surface area contributed by atoms with Gasteiger partial charge in [0.25, 0.3) is 0 Å². The number of aromatic nitrogens is 1. The van der Waals surface area contributed by atoms with Crippen LogP contribution in [0.3, 0.4) is 0 Å². The Morgan fingerprint density at radius 2 is 2.20 bits per heavy atom. The van der Waals surface area contributed by atoms with E-state index in [4.69, 9.17) is 0 Å². The van der Waals surface area contributed by atoms with Gasteiger partial charge in [0.15, 0.2) is 0 Å². The van der Waals surface area contributed by atoms with E-state index in [2.05, 4.69) is 43.4 Å². The summed E-state index contributed by atoms with van der Waals surface area (Å²) in [5.41, 5.74) is 0.337. The average Bonchev–Trinajstić information content (AvgIpc) is 2.88. The fourth-order valence-electron chi connectivity index (χ4n) is 3.73. The molecule has 0 bridgehead atoms. The summed E-state index contributed by atoms with van der Waals surface area (Å²) in [6, 6.07) is 0.689. The van der Waals surface area contributed by atoms with E-state index >= 15 is 0 Å². The van der Waals surface area contributed by atoms with E-state index in [1.54, 1.807) is 11.3 Å². The zero-order valence-corrected chi connectivity index (χ0v) is 14.3. The monoisotopic (exact) mass is 294 g/mol. The minimum atomic E-state index is 0.337. The molecule has 20 heavy (non-hydrogen) atoms. The summed E-state index contributed by atoms with van der Waals surface area (Å²) >= 11 is 1.80. The van der Waals surface area contributed by atoms with Gasteiger partial charge >= 0.3 is 0 Å². The van der Waals surface area contributed by atoms with Crippen LogP contribution in [0.15, 0.2) is 11.6 Å². The molecule has 1 aromatic heterocycles. The second kappa shape index (κ2) is 7.04. The van der Waals surface area contributed by atoms with Crippen LogP contribution in [0, 0.1) is 17.3 Å². The Kier molecular flexibility index (Phi) is 5.62. The third-order valence-electron chi connectivity index (χ3n) is 4.86. The van der Waals surface area contributed by atoms with Crippen molar-refractivity contribution in [3.8, 4) is 0 Å². The van der Waals surface area contributed by atoms with Crippen molar-refractivity contribution in [1.29, 1.82) is 0 Å². The first-order valence-corrected chi connectivity index (χ1v) is 9.02. The standard InChI is InChI=1S/C17H30N2S/c1-5-8-18-15-11-13(2)6-7-14(15)17(3,4)12-16-19-9-10-20-16/h9-10,13-15,18H,5-8,11-12H2,1-4H3. The molecule has 0 saturated heterocycles. The number of nitrogens with one attached hydrogen (secondary N) is 1. The van der Waals surface area contributed by atoms with Gasteiger partial charge in [-0.05, 0) is 43.1 Å². The maximum absolute atomic E-state index is 4.50. The van der Waals surface area contributed by atoms with Crippen molar-refractivity contribution in [3.05, 3.63) is 16.6 Å². The smallest absolute Gasteiger partial charge is 0.0930 e. The number of thiazole rings is 1. The van der Waals surface area contributed by atoms with E-state index in [0.29, 0.717) is 11.5 Å². The topological polar surface area (TPSA) is 24.9 Å². The molecule has 1 saturated carbocycles. The van der Waals surface area contributed by atoms with Crippen molar-refractivity contribution in [3.63, 3.8) is 0 Å². The van der Waals surface area contributed by atoms with Gasteiger partial charge in [-0.3, -0.25) is 0 Å². The maximum atomic E-state index is 4.50. The van der Waals surface area contributed by atoms with Crippen LogP contribution in [0.25, 0.3) is 0 Å². The minimum Gasteiger partial charge on any atom is -0.314 e. The van der Waals surface area contributed by atoms with Crippen LogP contribution in [0.5, 0.6) is 0 Å². The molecular weight excluding hydrogens is 264 g/mol. The minimum absolute atomic E-state index is 0.337. The van der Waals surface area contributed by atoms with Crippen LogP contribution < -0.4 is 5.32 Å². The van der Waals surface area contributed by atoms with E-state index in [1.807, 2.05) is 6.20 Å². The van der Waals surface area contributed by atoms with Gasteiger partial charge in [-0.1, -0.05) is 34.1 Å². The molecule has 0 aromatic carbocycles. The number of hydrogen-bond donors (Lipinski definition) is 1. The molecule has 0 spiro atoms. The predicted molar refractivity (Wildman–Crippen MR) is 88.2 cm³/mol. The molecule has 3 unspecified atom stereocenters. The summed E-state index contributed by atoms with van der Waals surface area (Å²) in [5.74, 6) is 1.64. The van der Waals surface area contributed by atoms with Crippen LogP contribution >= 0.6 is 11.3 Å². The molecule has 114 valence electrons. The van der Waals surface area contributed by atoms with Gasteiger partial charge < -0.3 is 5.32 Å². The molecule has 0 aliphatic heterocycles. The largest absolute Gasteiger partial charge is 0.314 e. The average molecular weight is 295 g/mol. The quantitative estimate of drug-likeness (QED) is 0.834. The lowest BCUT2D eigenvalue weighted by atomic mass is 9.65. The van der Waals surface area contributed by atoms with E-state index in [0.717, 1.165) is 24.8 Å². The first-order valence-electron chi connectivity index (χ1n) is 8.14. The van der Waals surface area contributed by atoms with Gasteiger partial charge in [-0.2, -0.15) is 0 Å². The lowest BCUT2D eigenvalue weighted by molar-refractivity contribution is 0.0940. The summed E-state index contributed by atoms with van der Waals surface area (Å²) in [6.07, 6.45) is 8.37. The Hall–Kier alpha value is -0.410. The third kappa shape index (κ3) is 4.05.